The molecule has 33 heavy (non-hydrogen) atoms. The van der Waals surface area contributed by atoms with Gasteiger partial charge in [0.15, 0.2) is 0 Å². The molecule has 0 bridgehead atoms. The van der Waals surface area contributed by atoms with Crippen molar-refractivity contribution in [2.45, 2.75) is 142 Å². The molecule has 0 unspecified atom stereocenters. The molecule has 2 saturated carbocycles. The molecule has 6 heteroatoms. The first-order chi connectivity index (χ1) is 15.3. The van der Waals surface area contributed by atoms with Gasteiger partial charge in [-0.3, -0.25) is 9.59 Å². The van der Waals surface area contributed by atoms with E-state index in [1.165, 1.54) is 0 Å². The first kappa shape index (κ1) is 28.1. The van der Waals surface area contributed by atoms with Crippen LogP contribution < -0.4 is 10.6 Å². The first-order valence-corrected chi connectivity index (χ1v) is 13.4. The van der Waals surface area contributed by atoms with Crippen LogP contribution in [0.25, 0.3) is 0 Å². The SMILES string of the molecule is CC(C)C[C@@H](NC(=O)C(C)(C)C(=O)N[C@H](CC(C)C)C1(O)CCCCC1)C1(O)CCCCC1. The van der Waals surface area contributed by atoms with Gasteiger partial charge in [-0.15, -0.1) is 0 Å². The van der Waals surface area contributed by atoms with Crippen molar-refractivity contribution in [1.82, 2.24) is 10.6 Å². The van der Waals surface area contributed by atoms with E-state index in [2.05, 4.69) is 38.3 Å². The van der Waals surface area contributed by atoms with Gasteiger partial charge < -0.3 is 20.8 Å². The minimum Gasteiger partial charge on any atom is -0.388 e. The van der Waals surface area contributed by atoms with Gasteiger partial charge in [-0.25, -0.2) is 0 Å². The standard InChI is InChI=1S/C27H50N2O4/c1-19(2)17-21(26(32)13-9-7-10-14-26)28-23(30)25(5,6)24(31)29-22(18-20(3)4)27(33)15-11-8-12-16-27/h19-22,32-33H,7-18H2,1-6H3,(H,28,30)(H,29,31)/t21-,22-/m1/s1. The van der Waals surface area contributed by atoms with E-state index in [0.717, 1.165) is 38.5 Å². The maximum Gasteiger partial charge on any atom is 0.235 e. The molecule has 2 fully saturated rings. The molecule has 0 spiro atoms. The molecular formula is C27H50N2O4. The summed E-state index contributed by atoms with van der Waals surface area (Å²) in [7, 11) is 0. The van der Waals surface area contributed by atoms with Crippen LogP contribution in [0.1, 0.15) is 119 Å². The lowest BCUT2D eigenvalue weighted by atomic mass is 9.75. The van der Waals surface area contributed by atoms with E-state index in [1.54, 1.807) is 13.8 Å². The smallest absolute Gasteiger partial charge is 0.235 e. The average molecular weight is 467 g/mol. The highest BCUT2D eigenvalue weighted by atomic mass is 16.3. The van der Waals surface area contributed by atoms with Crippen LogP contribution in [0.4, 0.5) is 0 Å². The van der Waals surface area contributed by atoms with Crippen molar-refractivity contribution >= 4 is 11.8 Å². The Labute approximate surface area is 201 Å². The third-order valence-corrected chi connectivity index (χ3v) is 7.90. The fourth-order valence-corrected chi connectivity index (χ4v) is 5.57. The molecule has 4 N–H and O–H groups in total. The van der Waals surface area contributed by atoms with Crippen molar-refractivity contribution in [2.24, 2.45) is 17.3 Å². The third kappa shape index (κ3) is 7.42. The van der Waals surface area contributed by atoms with Crippen molar-refractivity contribution in [1.29, 1.82) is 0 Å². The molecule has 0 radical (unpaired) electrons. The molecule has 6 nitrogen and oxygen atoms in total. The number of nitrogens with one attached hydrogen (secondary N) is 2. The molecular weight excluding hydrogens is 416 g/mol. The Morgan fingerprint density at radius 1 is 0.697 bits per heavy atom. The van der Waals surface area contributed by atoms with Crippen molar-refractivity contribution in [3.05, 3.63) is 0 Å². The Balaban J connectivity index is 2.15. The van der Waals surface area contributed by atoms with Crippen molar-refractivity contribution in [3.8, 4) is 0 Å². The molecule has 2 rings (SSSR count). The Hall–Kier alpha value is -1.14. The van der Waals surface area contributed by atoms with E-state index in [-0.39, 0.29) is 23.9 Å². The van der Waals surface area contributed by atoms with Crippen LogP contribution in [0.5, 0.6) is 0 Å². The van der Waals surface area contributed by atoms with Crippen LogP contribution in [-0.2, 0) is 9.59 Å². The molecule has 0 aromatic rings. The number of aliphatic hydroxyl groups is 2. The zero-order valence-corrected chi connectivity index (χ0v) is 22.0. The summed E-state index contributed by atoms with van der Waals surface area (Å²) < 4.78 is 0. The summed E-state index contributed by atoms with van der Waals surface area (Å²) in [6, 6.07) is -0.738. The van der Waals surface area contributed by atoms with Gasteiger partial charge in [0.25, 0.3) is 0 Å². The minimum atomic E-state index is -1.31. The maximum atomic E-state index is 13.4. The van der Waals surface area contributed by atoms with Gasteiger partial charge in [-0.1, -0.05) is 66.2 Å². The summed E-state index contributed by atoms with van der Waals surface area (Å²) in [6.07, 6.45) is 10.1. The van der Waals surface area contributed by atoms with Crippen molar-refractivity contribution in [2.75, 3.05) is 0 Å². The minimum absolute atomic E-state index is 0.314. The Bertz CT molecular complexity index is 593. The van der Waals surface area contributed by atoms with Gasteiger partial charge in [0.05, 0.1) is 23.3 Å². The molecule has 0 aromatic heterocycles. The fraction of sp³-hybridized carbons (Fsp3) is 0.926. The molecule has 2 aliphatic carbocycles. The highest BCUT2D eigenvalue weighted by Crippen LogP contribution is 2.35. The lowest BCUT2D eigenvalue weighted by Gasteiger charge is -2.43. The zero-order valence-electron chi connectivity index (χ0n) is 22.0. The number of hydrogen-bond acceptors (Lipinski definition) is 4. The second-order valence-electron chi connectivity index (χ2n) is 12.3. The van der Waals surface area contributed by atoms with Crippen molar-refractivity contribution < 1.29 is 19.8 Å². The summed E-state index contributed by atoms with van der Waals surface area (Å²) in [5.41, 5.74) is -3.13. The molecule has 0 aromatic carbocycles. The summed E-state index contributed by atoms with van der Waals surface area (Å²) in [4.78, 5) is 26.8. The second kappa shape index (κ2) is 11.5. The molecule has 2 aliphatic rings. The predicted molar refractivity (Wildman–Crippen MR) is 133 cm³/mol. The number of carbonyl (C=O) groups is 2. The topological polar surface area (TPSA) is 98.7 Å². The second-order valence-corrected chi connectivity index (χ2v) is 12.3. The third-order valence-electron chi connectivity index (χ3n) is 7.90. The summed E-state index contributed by atoms with van der Waals surface area (Å²) in [6.45, 7) is 11.6. The van der Waals surface area contributed by atoms with Gasteiger partial charge in [0.2, 0.25) is 11.8 Å². The fourth-order valence-electron chi connectivity index (χ4n) is 5.57. The van der Waals surface area contributed by atoms with Crippen LogP contribution in [0.2, 0.25) is 0 Å². The van der Waals surface area contributed by atoms with E-state index >= 15 is 0 Å². The van der Waals surface area contributed by atoms with Gasteiger partial charge in [-0.05, 0) is 64.2 Å². The number of hydrogen-bond donors (Lipinski definition) is 4. The van der Waals surface area contributed by atoms with Gasteiger partial charge in [0, 0.05) is 0 Å². The van der Waals surface area contributed by atoms with Gasteiger partial charge in [0.1, 0.15) is 5.41 Å². The highest BCUT2D eigenvalue weighted by molar-refractivity contribution is 6.04. The van der Waals surface area contributed by atoms with E-state index < -0.39 is 16.6 Å². The van der Waals surface area contributed by atoms with Crippen molar-refractivity contribution in [3.63, 3.8) is 0 Å². The van der Waals surface area contributed by atoms with E-state index in [1.807, 2.05) is 0 Å². The van der Waals surface area contributed by atoms with Crippen LogP contribution in [0, 0.1) is 17.3 Å². The maximum absolute atomic E-state index is 13.4. The van der Waals surface area contributed by atoms with Gasteiger partial charge in [-0.2, -0.15) is 0 Å². The molecule has 2 amide bonds. The lowest BCUT2D eigenvalue weighted by Crippen LogP contribution is -2.61. The molecule has 2 atom stereocenters. The molecule has 0 heterocycles. The number of amides is 2. The average Bonchev–Trinajstić information content (AvgIpc) is 2.73. The van der Waals surface area contributed by atoms with E-state index in [4.69, 9.17) is 0 Å². The predicted octanol–water partition coefficient (Wildman–Crippen LogP) is 4.46. The number of rotatable bonds is 10. The summed E-state index contributed by atoms with van der Waals surface area (Å²) in [5.74, 6) is -0.0875. The summed E-state index contributed by atoms with van der Waals surface area (Å²) in [5, 5.41) is 28.8. The molecule has 192 valence electrons. The highest BCUT2D eigenvalue weighted by Gasteiger charge is 2.46. The molecule has 0 saturated heterocycles. The monoisotopic (exact) mass is 466 g/mol. The summed E-state index contributed by atoms with van der Waals surface area (Å²) >= 11 is 0. The van der Waals surface area contributed by atoms with Crippen LogP contribution in [0.15, 0.2) is 0 Å². The van der Waals surface area contributed by atoms with Crippen LogP contribution >= 0.6 is 0 Å². The quantitative estimate of drug-likeness (QED) is 0.357. The normalized spacial score (nSPS) is 22.6. The van der Waals surface area contributed by atoms with E-state index in [9.17, 15) is 19.8 Å². The largest absolute Gasteiger partial charge is 0.388 e. The first-order valence-electron chi connectivity index (χ1n) is 13.4. The van der Waals surface area contributed by atoms with Crippen LogP contribution in [-0.4, -0.2) is 45.3 Å². The van der Waals surface area contributed by atoms with Crippen LogP contribution in [0.3, 0.4) is 0 Å². The molecule has 0 aliphatic heterocycles. The number of carbonyl (C=O) groups excluding carboxylic acids is 2. The Morgan fingerprint density at radius 2 is 1.00 bits per heavy atom. The Kier molecular flexibility index (Phi) is 9.81. The Morgan fingerprint density at radius 3 is 1.27 bits per heavy atom. The van der Waals surface area contributed by atoms with E-state index in [0.29, 0.717) is 50.4 Å². The lowest BCUT2D eigenvalue weighted by molar-refractivity contribution is -0.146. The van der Waals surface area contributed by atoms with Gasteiger partial charge >= 0.3 is 0 Å². The zero-order chi connectivity index (χ0) is 24.9.